The van der Waals surface area contributed by atoms with Gasteiger partial charge in [0.15, 0.2) is 0 Å². The van der Waals surface area contributed by atoms with Crippen LogP contribution < -0.4 is 5.32 Å². The zero-order valence-electron chi connectivity index (χ0n) is 10.2. The fourth-order valence-electron chi connectivity index (χ4n) is 2.63. The molecule has 0 aromatic heterocycles. The van der Waals surface area contributed by atoms with Gasteiger partial charge in [-0.2, -0.15) is 13.2 Å². The van der Waals surface area contributed by atoms with E-state index in [1.807, 2.05) is 0 Å². The molecule has 2 rings (SSSR count). The topological polar surface area (TPSA) is 21.3 Å². The van der Waals surface area contributed by atoms with Crippen LogP contribution in [0.3, 0.4) is 0 Å². The van der Waals surface area contributed by atoms with Gasteiger partial charge in [-0.05, 0) is 31.0 Å². The molecule has 0 spiro atoms. The monoisotopic (exact) mass is 259 g/mol. The maximum atomic E-state index is 13.0. The number of hydrogen-bond donors (Lipinski definition) is 1. The van der Waals surface area contributed by atoms with Crippen molar-refractivity contribution in [1.29, 1.82) is 0 Å². The van der Waals surface area contributed by atoms with Crippen molar-refractivity contribution in [3.8, 4) is 0 Å². The lowest BCUT2D eigenvalue weighted by Gasteiger charge is -2.31. The Kier molecular flexibility index (Phi) is 3.64. The Hall–Kier alpha value is -1.07. The van der Waals surface area contributed by atoms with Crippen LogP contribution in [0.25, 0.3) is 0 Å². The Bertz CT molecular complexity index is 411. The van der Waals surface area contributed by atoms with Gasteiger partial charge in [0.2, 0.25) is 0 Å². The van der Waals surface area contributed by atoms with Crippen LogP contribution in [0.2, 0.25) is 0 Å². The van der Waals surface area contributed by atoms with Gasteiger partial charge in [-0.1, -0.05) is 18.2 Å². The summed E-state index contributed by atoms with van der Waals surface area (Å²) in [6.07, 6.45) is -2.81. The van der Waals surface area contributed by atoms with Gasteiger partial charge >= 0.3 is 6.18 Å². The molecule has 2 nitrogen and oxygen atoms in total. The Morgan fingerprint density at radius 2 is 2.06 bits per heavy atom. The molecule has 1 unspecified atom stereocenters. The smallest absolute Gasteiger partial charge is 0.382 e. The zero-order valence-corrected chi connectivity index (χ0v) is 10.2. The van der Waals surface area contributed by atoms with Gasteiger partial charge in [-0.25, -0.2) is 0 Å². The largest absolute Gasteiger partial charge is 0.416 e. The standard InChI is InChI=1S/C13H16F3NO/c1-18-9-12(7-4-8-17-12)10-5-2-3-6-11(10)13(14,15)16/h2-3,5-6,17H,4,7-9H2,1H3. The first-order valence-electron chi connectivity index (χ1n) is 5.90. The van der Waals surface area contributed by atoms with E-state index in [0.717, 1.165) is 19.0 Å². The van der Waals surface area contributed by atoms with Crippen molar-refractivity contribution in [3.63, 3.8) is 0 Å². The third-order valence-corrected chi connectivity index (χ3v) is 3.38. The number of nitrogens with one attached hydrogen (secondary N) is 1. The van der Waals surface area contributed by atoms with Crippen LogP contribution >= 0.6 is 0 Å². The van der Waals surface area contributed by atoms with Crippen LogP contribution in [0.1, 0.15) is 24.0 Å². The highest BCUT2D eigenvalue weighted by atomic mass is 19.4. The first-order chi connectivity index (χ1) is 8.49. The number of methoxy groups -OCH3 is 1. The average Bonchev–Trinajstić information content (AvgIpc) is 2.78. The molecule has 1 aliphatic heterocycles. The van der Waals surface area contributed by atoms with Gasteiger partial charge in [0.25, 0.3) is 0 Å². The second-order valence-electron chi connectivity index (χ2n) is 4.59. The number of rotatable bonds is 3. The molecule has 1 aromatic carbocycles. The first-order valence-corrected chi connectivity index (χ1v) is 5.90. The molecule has 0 aliphatic carbocycles. The van der Waals surface area contributed by atoms with E-state index >= 15 is 0 Å². The van der Waals surface area contributed by atoms with Gasteiger partial charge in [0.1, 0.15) is 0 Å². The average molecular weight is 259 g/mol. The van der Waals surface area contributed by atoms with Crippen LogP contribution in [0, 0.1) is 0 Å². The summed E-state index contributed by atoms with van der Waals surface area (Å²) in [6, 6.07) is 5.73. The van der Waals surface area contributed by atoms with Crippen molar-refractivity contribution in [1.82, 2.24) is 5.32 Å². The lowest BCUT2D eigenvalue weighted by atomic mass is 9.85. The third kappa shape index (κ3) is 2.37. The Balaban J connectivity index is 2.48. The fourth-order valence-corrected chi connectivity index (χ4v) is 2.63. The number of alkyl halides is 3. The van der Waals surface area contributed by atoms with Crippen molar-refractivity contribution in [2.75, 3.05) is 20.3 Å². The van der Waals surface area contributed by atoms with E-state index in [-0.39, 0.29) is 12.2 Å². The maximum absolute atomic E-state index is 13.0. The van der Waals surface area contributed by atoms with Gasteiger partial charge in [-0.3, -0.25) is 0 Å². The molecule has 0 radical (unpaired) electrons. The van der Waals surface area contributed by atoms with E-state index in [2.05, 4.69) is 5.32 Å². The van der Waals surface area contributed by atoms with Crippen LogP contribution in [0.4, 0.5) is 13.2 Å². The number of hydrogen-bond acceptors (Lipinski definition) is 2. The minimum Gasteiger partial charge on any atom is -0.382 e. The van der Waals surface area contributed by atoms with Crippen molar-refractivity contribution >= 4 is 0 Å². The number of ether oxygens (including phenoxy) is 1. The molecular weight excluding hydrogens is 243 g/mol. The van der Waals surface area contributed by atoms with E-state index in [4.69, 9.17) is 4.74 Å². The van der Waals surface area contributed by atoms with Crippen molar-refractivity contribution < 1.29 is 17.9 Å². The predicted molar refractivity (Wildman–Crippen MR) is 62.2 cm³/mol. The maximum Gasteiger partial charge on any atom is 0.416 e. The van der Waals surface area contributed by atoms with Gasteiger partial charge in [-0.15, -0.1) is 0 Å². The van der Waals surface area contributed by atoms with E-state index in [9.17, 15) is 13.2 Å². The zero-order chi connectivity index (χ0) is 13.2. The highest BCUT2D eigenvalue weighted by Gasteiger charge is 2.43. The molecular formula is C13H16F3NO. The summed E-state index contributed by atoms with van der Waals surface area (Å²) in [5, 5.41) is 3.17. The predicted octanol–water partition coefficient (Wildman–Crippen LogP) is 2.93. The van der Waals surface area contributed by atoms with E-state index in [0.29, 0.717) is 6.42 Å². The lowest BCUT2D eigenvalue weighted by Crippen LogP contribution is -2.42. The highest BCUT2D eigenvalue weighted by Crippen LogP contribution is 2.40. The minimum atomic E-state index is -4.33. The molecule has 1 heterocycles. The number of benzene rings is 1. The molecule has 1 fully saturated rings. The summed E-state index contributed by atoms with van der Waals surface area (Å²) >= 11 is 0. The van der Waals surface area contributed by atoms with E-state index < -0.39 is 17.3 Å². The quantitative estimate of drug-likeness (QED) is 0.901. The minimum absolute atomic E-state index is 0.250. The summed E-state index contributed by atoms with van der Waals surface area (Å²) in [5.41, 5.74) is -0.991. The second-order valence-corrected chi connectivity index (χ2v) is 4.59. The highest BCUT2D eigenvalue weighted by molar-refractivity contribution is 5.37. The SMILES string of the molecule is COCC1(c2ccccc2C(F)(F)F)CCCN1. The summed E-state index contributed by atoms with van der Waals surface area (Å²) in [5.74, 6) is 0. The van der Waals surface area contributed by atoms with Crippen molar-refractivity contribution in [3.05, 3.63) is 35.4 Å². The summed E-state index contributed by atoms with van der Waals surface area (Å²) in [7, 11) is 1.51. The first kappa shape index (κ1) is 13.4. The molecule has 18 heavy (non-hydrogen) atoms. The van der Waals surface area contributed by atoms with Crippen LogP contribution in [-0.2, 0) is 16.5 Å². The molecule has 5 heteroatoms. The summed E-state index contributed by atoms with van der Waals surface area (Å²) in [6.45, 7) is 0.968. The molecule has 0 saturated carbocycles. The second kappa shape index (κ2) is 4.90. The molecule has 1 aromatic rings. The Morgan fingerprint density at radius 1 is 1.33 bits per heavy atom. The normalized spacial score (nSPS) is 24.4. The molecule has 0 bridgehead atoms. The van der Waals surface area contributed by atoms with E-state index in [1.54, 1.807) is 12.1 Å². The number of halogens is 3. The molecule has 1 saturated heterocycles. The Labute approximate surface area is 104 Å². The van der Waals surface area contributed by atoms with Gasteiger partial charge < -0.3 is 10.1 Å². The van der Waals surface area contributed by atoms with Crippen LogP contribution in [-0.4, -0.2) is 20.3 Å². The molecule has 1 aliphatic rings. The Morgan fingerprint density at radius 3 is 2.61 bits per heavy atom. The fraction of sp³-hybridized carbons (Fsp3) is 0.538. The van der Waals surface area contributed by atoms with Gasteiger partial charge in [0, 0.05) is 7.11 Å². The molecule has 1 N–H and O–H groups in total. The molecule has 100 valence electrons. The van der Waals surface area contributed by atoms with Crippen LogP contribution in [0.15, 0.2) is 24.3 Å². The molecule has 1 atom stereocenters. The summed E-state index contributed by atoms with van der Waals surface area (Å²) < 4.78 is 44.3. The van der Waals surface area contributed by atoms with Gasteiger partial charge in [0.05, 0.1) is 17.7 Å². The van der Waals surface area contributed by atoms with Crippen molar-refractivity contribution in [2.45, 2.75) is 24.6 Å². The van der Waals surface area contributed by atoms with Crippen molar-refractivity contribution in [2.24, 2.45) is 0 Å². The van der Waals surface area contributed by atoms with E-state index in [1.165, 1.54) is 13.2 Å². The van der Waals surface area contributed by atoms with Crippen LogP contribution in [0.5, 0.6) is 0 Å². The lowest BCUT2D eigenvalue weighted by molar-refractivity contribution is -0.139. The summed E-state index contributed by atoms with van der Waals surface area (Å²) in [4.78, 5) is 0. The molecule has 0 amide bonds. The third-order valence-electron chi connectivity index (χ3n) is 3.38.